The van der Waals surface area contributed by atoms with Crippen LogP contribution in [0, 0.1) is 5.92 Å². The number of nitrogens with zero attached hydrogens (tertiary/aromatic N) is 2. The Morgan fingerprint density at radius 2 is 1.83 bits per heavy atom. The number of nitrogens with one attached hydrogen (secondary N) is 2. The third-order valence-corrected chi connectivity index (χ3v) is 7.00. The Balaban J connectivity index is 1.48. The molecule has 1 saturated heterocycles. The van der Waals surface area contributed by atoms with Crippen molar-refractivity contribution in [2.75, 3.05) is 46.2 Å². The number of morpholine rings is 1. The molecule has 0 bridgehead atoms. The van der Waals surface area contributed by atoms with Crippen LogP contribution >= 0.6 is 0 Å². The molecule has 1 aromatic carbocycles. The number of pyridine rings is 1. The van der Waals surface area contributed by atoms with Crippen molar-refractivity contribution in [1.82, 2.24) is 20.1 Å². The maximum Gasteiger partial charge on any atom is 0.257 e. The van der Waals surface area contributed by atoms with Crippen molar-refractivity contribution in [1.29, 1.82) is 0 Å². The summed E-state index contributed by atoms with van der Waals surface area (Å²) in [7, 11) is 0. The monoisotopic (exact) mass is 500 g/mol. The molecule has 196 valence electrons. The summed E-state index contributed by atoms with van der Waals surface area (Å²) in [6.07, 6.45) is 3.07. The van der Waals surface area contributed by atoms with Crippen LogP contribution in [0.5, 0.6) is 11.5 Å². The molecule has 2 aromatic rings. The van der Waals surface area contributed by atoms with Gasteiger partial charge in [0.2, 0.25) is 18.1 Å². The maximum atomic E-state index is 13.3. The van der Waals surface area contributed by atoms with Crippen LogP contribution in [-0.4, -0.2) is 73.5 Å². The van der Waals surface area contributed by atoms with Gasteiger partial charge in [-0.2, -0.15) is 0 Å². The van der Waals surface area contributed by atoms with Crippen LogP contribution in [0.15, 0.2) is 23.1 Å². The molecular weight excluding hydrogens is 464 g/mol. The van der Waals surface area contributed by atoms with E-state index in [2.05, 4.69) is 15.5 Å². The van der Waals surface area contributed by atoms with Gasteiger partial charge in [-0.3, -0.25) is 19.3 Å². The lowest BCUT2D eigenvalue weighted by Gasteiger charge is -2.27. The Kier molecular flexibility index (Phi) is 8.48. The van der Waals surface area contributed by atoms with Gasteiger partial charge in [-0.05, 0) is 31.9 Å². The fraction of sp³-hybridized carbons (Fsp3) is 0.577. The molecule has 2 atom stereocenters. The van der Waals surface area contributed by atoms with Gasteiger partial charge in [0.05, 0.1) is 24.1 Å². The highest BCUT2D eigenvalue weighted by molar-refractivity contribution is 6.00. The summed E-state index contributed by atoms with van der Waals surface area (Å²) in [6.45, 7) is 11.2. The molecule has 3 heterocycles. The van der Waals surface area contributed by atoms with E-state index >= 15 is 0 Å². The summed E-state index contributed by atoms with van der Waals surface area (Å²) in [5.41, 5.74) is 0.260. The zero-order valence-corrected chi connectivity index (χ0v) is 21.3. The van der Waals surface area contributed by atoms with Gasteiger partial charge in [-0.25, -0.2) is 0 Å². The van der Waals surface area contributed by atoms with Crippen LogP contribution in [0.1, 0.15) is 44.0 Å². The van der Waals surface area contributed by atoms with Gasteiger partial charge in [0.25, 0.3) is 5.91 Å². The second kappa shape index (κ2) is 11.7. The molecule has 0 aliphatic carbocycles. The quantitative estimate of drug-likeness (QED) is 0.478. The highest BCUT2D eigenvalue weighted by atomic mass is 16.7. The van der Waals surface area contributed by atoms with E-state index in [9.17, 15) is 14.4 Å². The summed E-state index contributed by atoms with van der Waals surface area (Å²) in [6, 6.07) is 2.64. The lowest BCUT2D eigenvalue weighted by atomic mass is 9.97. The van der Waals surface area contributed by atoms with Crippen molar-refractivity contribution in [3.05, 3.63) is 34.1 Å². The Morgan fingerprint density at radius 3 is 2.53 bits per heavy atom. The van der Waals surface area contributed by atoms with Gasteiger partial charge < -0.3 is 29.4 Å². The van der Waals surface area contributed by atoms with Crippen molar-refractivity contribution in [2.45, 2.75) is 46.2 Å². The summed E-state index contributed by atoms with van der Waals surface area (Å²) in [5, 5.41) is 6.18. The van der Waals surface area contributed by atoms with E-state index in [1.54, 1.807) is 18.3 Å². The molecule has 10 nitrogen and oxygen atoms in total. The van der Waals surface area contributed by atoms with Crippen molar-refractivity contribution in [3.8, 4) is 11.5 Å². The van der Waals surface area contributed by atoms with E-state index in [-0.39, 0.29) is 24.2 Å². The zero-order chi connectivity index (χ0) is 25.7. The molecule has 36 heavy (non-hydrogen) atoms. The predicted octanol–water partition coefficient (Wildman–Crippen LogP) is 1.73. The summed E-state index contributed by atoms with van der Waals surface area (Å²) in [5.74, 6) is 0.156. The molecule has 4 rings (SSSR count). The number of benzene rings is 1. The van der Waals surface area contributed by atoms with Crippen LogP contribution < -0.4 is 25.5 Å². The minimum atomic E-state index is -0.743. The van der Waals surface area contributed by atoms with E-state index in [1.165, 1.54) is 0 Å². The average molecular weight is 501 g/mol. The van der Waals surface area contributed by atoms with Crippen molar-refractivity contribution < 1.29 is 23.8 Å². The van der Waals surface area contributed by atoms with Crippen LogP contribution in [0.25, 0.3) is 10.9 Å². The Labute approximate surface area is 210 Å². The number of aryl methyl sites for hydroxylation is 1. The molecule has 10 heteroatoms. The molecule has 1 aromatic heterocycles. The molecule has 2 aliphatic rings. The van der Waals surface area contributed by atoms with Crippen LogP contribution in [-0.2, 0) is 16.1 Å². The third-order valence-electron chi connectivity index (χ3n) is 7.00. The Morgan fingerprint density at radius 1 is 1.11 bits per heavy atom. The second-order valence-electron chi connectivity index (χ2n) is 9.32. The fourth-order valence-corrected chi connectivity index (χ4v) is 4.57. The molecule has 1 fully saturated rings. The number of hydrogen-bond acceptors (Lipinski definition) is 7. The van der Waals surface area contributed by atoms with Gasteiger partial charge in [0.15, 0.2) is 11.5 Å². The van der Waals surface area contributed by atoms with Crippen molar-refractivity contribution in [3.63, 3.8) is 0 Å². The number of hydrogen-bond donors (Lipinski definition) is 2. The van der Waals surface area contributed by atoms with Gasteiger partial charge in [0, 0.05) is 38.4 Å². The second-order valence-corrected chi connectivity index (χ2v) is 9.32. The average Bonchev–Trinajstić information content (AvgIpc) is 3.36. The minimum Gasteiger partial charge on any atom is -0.454 e. The minimum absolute atomic E-state index is 0.00312. The highest BCUT2D eigenvalue weighted by Gasteiger charge is 2.28. The molecule has 1 unspecified atom stereocenters. The Bertz CT molecular complexity index is 1160. The lowest BCUT2D eigenvalue weighted by Crippen LogP contribution is -2.51. The van der Waals surface area contributed by atoms with Crippen LogP contribution in [0.3, 0.4) is 0 Å². The standard InChI is InChI=1S/C26H36N4O6/c1-4-17(3)23(26(33)27-7-6-8-29-9-11-34-12-10-29)28-25(32)19-15-30(5-2)20-14-22-21(35-16-36-22)13-18(20)24(19)31/h13-15,17,23H,4-12,16H2,1-3H3,(H,27,33)(H,28,32)/t17?,23-/m1/s1. The predicted molar refractivity (Wildman–Crippen MR) is 136 cm³/mol. The smallest absolute Gasteiger partial charge is 0.257 e. The molecule has 0 saturated carbocycles. The van der Waals surface area contributed by atoms with Gasteiger partial charge in [-0.15, -0.1) is 0 Å². The number of carbonyl (C=O) groups excluding carboxylic acids is 2. The van der Waals surface area contributed by atoms with Gasteiger partial charge in [-0.1, -0.05) is 20.3 Å². The van der Waals surface area contributed by atoms with E-state index < -0.39 is 17.4 Å². The van der Waals surface area contributed by atoms with Crippen LogP contribution in [0.2, 0.25) is 0 Å². The number of amides is 2. The molecule has 2 aliphatic heterocycles. The van der Waals surface area contributed by atoms with E-state index in [0.717, 1.165) is 39.3 Å². The van der Waals surface area contributed by atoms with E-state index in [4.69, 9.17) is 14.2 Å². The topological polar surface area (TPSA) is 111 Å². The number of carbonyl (C=O) groups is 2. The number of ether oxygens (including phenoxy) is 3. The SMILES string of the molecule is CCC(C)[C@@H](NC(=O)c1cn(CC)c2cc3c(cc2c1=O)OCO3)C(=O)NCCCN1CCOCC1. The molecule has 0 radical (unpaired) electrons. The van der Waals surface area contributed by atoms with Gasteiger partial charge >= 0.3 is 0 Å². The molecule has 2 N–H and O–H groups in total. The highest BCUT2D eigenvalue weighted by Crippen LogP contribution is 2.35. The summed E-state index contributed by atoms with van der Waals surface area (Å²) < 4.78 is 18.1. The Hall–Kier alpha value is -3.11. The van der Waals surface area contributed by atoms with Crippen molar-refractivity contribution in [2.24, 2.45) is 5.92 Å². The first-order chi connectivity index (χ1) is 17.4. The first-order valence-corrected chi connectivity index (χ1v) is 12.8. The fourth-order valence-electron chi connectivity index (χ4n) is 4.57. The van der Waals surface area contributed by atoms with Crippen LogP contribution in [0.4, 0.5) is 0 Å². The lowest BCUT2D eigenvalue weighted by molar-refractivity contribution is -0.124. The number of fused-ring (bicyclic) bond motifs is 2. The maximum absolute atomic E-state index is 13.3. The largest absolute Gasteiger partial charge is 0.454 e. The zero-order valence-electron chi connectivity index (χ0n) is 21.3. The summed E-state index contributed by atoms with van der Waals surface area (Å²) >= 11 is 0. The first-order valence-electron chi connectivity index (χ1n) is 12.8. The third kappa shape index (κ3) is 5.65. The molecule has 2 amide bonds. The van der Waals surface area contributed by atoms with Gasteiger partial charge in [0.1, 0.15) is 11.6 Å². The molecular formula is C26H36N4O6. The number of rotatable bonds is 10. The number of aromatic nitrogens is 1. The van der Waals surface area contributed by atoms with Crippen molar-refractivity contribution >= 4 is 22.7 Å². The van der Waals surface area contributed by atoms with E-state index in [0.29, 0.717) is 41.9 Å². The van der Waals surface area contributed by atoms with E-state index in [1.807, 2.05) is 25.3 Å². The molecule has 0 spiro atoms. The summed E-state index contributed by atoms with van der Waals surface area (Å²) in [4.78, 5) is 42.0. The first kappa shape index (κ1) is 26.0. The normalized spacial score (nSPS) is 17.1.